The molecule has 35 heavy (non-hydrogen) atoms. The van der Waals surface area contributed by atoms with Crippen LogP contribution in [0.4, 0.5) is 5.69 Å². The number of piperazine rings is 1. The molecule has 3 aromatic rings. The fourth-order valence-electron chi connectivity index (χ4n) is 4.73. The van der Waals surface area contributed by atoms with Crippen LogP contribution in [-0.2, 0) is 13.1 Å². The lowest BCUT2D eigenvalue weighted by Gasteiger charge is -2.36. The number of rotatable bonds is 7. The third-order valence-electron chi connectivity index (χ3n) is 6.56. The molecule has 0 aliphatic carbocycles. The van der Waals surface area contributed by atoms with Crippen molar-refractivity contribution in [2.24, 2.45) is 0 Å². The maximum Gasteiger partial charge on any atom is 0.263 e. The first-order valence-electron chi connectivity index (χ1n) is 11.4. The van der Waals surface area contributed by atoms with Gasteiger partial charge in [-0.1, -0.05) is 6.07 Å². The summed E-state index contributed by atoms with van der Waals surface area (Å²) in [6.07, 6.45) is 0. The van der Waals surface area contributed by atoms with Crippen LogP contribution in [0.1, 0.15) is 31.8 Å². The van der Waals surface area contributed by atoms with Gasteiger partial charge in [0, 0.05) is 32.7 Å². The quantitative estimate of drug-likeness (QED) is 0.504. The number of fused-ring (bicyclic) bond motifs is 1. The third-order valence-corrected chi connectivity index (χ3v) is 7.29. The molecular formula is C26H27N3O5S. The minimum absolute atomic E-state index is 0.00578. The van der Waals surface area contributed by atoms with Gasteiger partial charge in [0.2, 0.25) is 5.75 Å². The van der Waals surface area contributed by atoms with E-state index in [0.29, 0.717) is 35.7 Å². The Labute approximate surface area is 207 Å². The minimum atomic E-state index is -0.230. The normalized spacial score (nSPS) is 16.1. The lowest BCUT2D eigenvalue weighted by molar-refractivity contribution is 0.0642. The van der Waals surface area contributed by atoms with Crippen LogP contribution in [0.2, 0.25) is 0 Å². The maximum atomic E-state index is 13.3. The minimum Gasteiger partial charge on any atom is -0.502 e. The smallest absolute Gasteiger partial charge is 0.263 e. The van der Waals surface area contributed by atoms with Crippen molar-refractivity contribution in [2.45, 2.75) is 13.1 Å². The number of carbonyl (C=O) groups excluding carboxylic acids is 2. The first kappa shape index (κ1) is 23.2. The topological polar surface area (TPSA) is 82.6 Å². The Morgan fingerprint density at radius 2 is 1.63 bits per heavy atom. The number of hydrogen-bond acceptors (Lipinski definition) is 8. The molecule has 8 nitrogen and oxygen atoms in total. The average molecular weight is 494 g/mol. The average Bonchev–Trinajstić information content (AvgIpc) is 3.48. The summed E-state index contributed by atoms with van der Waals surface area (Å²) in [5.74, 6) is 0.305. The van der Waals surface area contributed by atoms with Crippen molar-refractivity contribution in [1.29, 1.82) is 0 Å². The number of ether oxygens (including phenoxy) is 2. The van der Waals surface area contributed by atoms with Gasteiger partial charge < -0.3 is 19.5 Å². The first-order chi connectivity index (χ1) is 17.0. The van der Waals surface area contributed by atoms with Crippen LogP contribution in [0.5, 0.6) is 17.2 Å². The number of anilines is 1. The van der Waals surface area contributed by atoms with E-state index < -0.39 is 0 Å². The zero-order valence-corrected chi connectivity index (χ0v) is 20.5. The van der Waals surface area contributed by atoms with Gasteiger partial charge in [-0.2, -0.15) is 11.3 Å². The summed E-state index contributed by atoms with van der Waals surface area (Å²) in [5.41, 5.74) is 3.75. The standard InChI is InChI=1S/C26H27N3O5S/c1-33-21-12-18(13-22(34-2)24(21)30)14-27-7-9-28(10-8-27)20-5-3-4-19-23(20)26(32)29(25(19)31)15-17-6-11-35-16-17/h3-6,11-13,16,30H,7-10,14-15H2,1-2H3. The number of nitrogens with zero attached hydrogens (tertiary/aromatic N) is 3. The van der Waals surface area contributed by atoms with E-state index in [0.717, 1.165) is 43.0 Å². The van der Waals surface area contributed by atoms with Crippen LogP contribution >= 0.6 is 11.3 Å². The van der Waals surface area contributed by atoms with E-state index in [1.807, 2.05) is 41.1 Å². The highest BCUT2D eigenvalue weighted by Crippen LogP contribution is 2.38. The van der Waals surface area contributed by atoms with Gasteiger partial charge in [-0.15, -0.1) is 0 Å². The van der Waals surface area contributed by atoms with Crippen molar-refractivity contribution in [3.05, 3.63) is 69.4 Å². The molecule has 0 saturated carbocycles. The maximum absolute atomic E-state index is 13.3. The van der Waals surface area contributed by atoms with Gasteiger partial charge in [-0.3, -0.25) is 19.4 Å². The molecule has 2 amide bonds. The summed E-state index contributed by atoms with van der Waals surface area (Å²) < 4.78 is 10.6. The highest BCUT2D eigenvalue weighted by molar-refractivity contribution is 7.07. The fraction of sp³-hybridized carbons (Fsp3) is 0.308. The zero-order chi connectivity index (χ0) is 24.5. The second-order valence-electron chi connectivity index (χ2n) is 8.64. The second kappa shape index (κ2) is 9.59. The Balaban J connectivity index is 1.29. The van der Waals surface area contributed by atoms with Crippen molar-refractivity contribution < 1.29 is 24.2 Å². The molecular weight excluding hydrogens is 466 g/mol. The van der Waals surface area contributed by atoms with Crippen LogP contribution < -0.4 is 14.4 Å². The molecule has 2 aliphatic heterocycles. The van der Waals surface area contributed by atoms with Gasteiger partial charge in [-0.25, -0.2) is 0 Å². The number of methoxy groups -OCH3 is 2. The van der Waals surface area contributed by atoms with Gasteiger partial charge >= 0.3 is 0 Å². The number of hydrogen-bond donors (Lipinski definition) is 1. The molecule has 5 rings (SSSR count). The van der Waals surface area contributed by atoms with E-state index in [1.165, 1.54) is 19.1 Å². The lowest BCUT2D eigenvalue weighted by Crippen LogP contribution is -2.46. The number of thiophene rings is 1. The summed E-state index contributed by atoms with van der Waals surface area (Å²) >= 11 is 1.55. The molecule has 9 heteroatoms. The molecule has 1 fully saturated rings. The van der Waals surface area contributed by atoms with Crippen LogP contribution in [0.15, 0.2) is 47.2 Å². The Kier molecular flexibility index (Phi) is 6.36. The molecule has 1 N–H and O–H groups in total. The Hall–Kier alpha value is -3.56. The summed E-state index contributed by atoms with van der Waals surface area (Å²) in [6.45, 7) is 4.01. The molecule has 0 spiro atoms. The molecule has 0 atom stereocenters. The number of carbonyl (C=O) groups is 2. The highest BCUT2D eigenvalue weighted by Gasteiger charge is 2.38. The van der Waals surface area contributed by atoms with E-state index in [-0.39, 0.29) is 17.6 Å². The van der Waals surface area contributed by atoms with Gasteiger partial charge in [0.25, 0.3) is 11.8 Å². The lowest BCUT2D eigenvalue weighted by atomic mass is 10.1. The van der Waals surface area contributed by atoms with E-state index in [1.54, 1.807) is 17.4 Å². The first-order valence-corrected chi connectivity index (χ1v) is 12.4. The zero-order valence-electron chi connectivity index (χ0n) is 19.7. The van der Waals surface area contributed by atoms with Crippen molar-refractivity contribution in [3.63, 3.8) is 0 Å². The van der Waals surface area contributed by atoms with E-state index in [9.17, 15) is 14.7 Å². The molecule has 3 heterocycles. The number of phenols is 1. The Bertz CT molecular complexity index is 1230. The molecule has 1 aromatic heterocycles. The summed E-state index contributed by atoms with van der Waals surface area (Å²) in [4.78, 5) is 32.1. The monoisotopic (exact) mass is 493 g/mol. The second-order valence-corrected chi connectivity index (χ2v) is 9.42. The molecule has 2 aromatic carbocycles. The van der Waals surface area contributed by atoms with Crippen LogP contribution in [0.25, 0.3) is 0 Å². The third kappa shape index (κ3) is 4.33. The number of benzene rings is 2. The van der Waals surface area contributed by atoms with Crippen LogP contribution in [0, 0.1) is 0 Å². The predicted octanol–water partition coefficient (Wildman–Crippen LogP) is 3.59. The number of aromatic hydroxyl groups is 1. The van der Waals surface area contributed by atoms with E-state index in [2.05, 4.69) is 9.80 Å². The van der Waals surface area contributed by atoms with Crippen molar-refractivity contribution in [1.82, 2.24) is 9.80 Å². The highest BCUT2D eigenvalue weighted by atomic mass is 32.1. The van der Waals surface area contributed by atoms with E-state index >= 15 is 0 Å². The Morgan fingerprint density at radius 1 is 0.914 bits per heavy atom. The number of imide groups is 1. The molecule has 2 aliphatic rings. The van der Waals surface area contributed by atoms with Gasteiger partial charge in [0.1, 0.15) is 0 Å². The molecule has 1 saturated heterocycles. The van der Waals surface area contributed by atoms with Crippen molar-refractivity contribution in [3.8, 4) is 17.2 Å². The summed E-state index contributed by atoms with van der Waals surface area (Å²) in [5, 5.41) is 14.1. The SMILES string of the molecule is COc1cc(CN2CCN(c3cccc4c3C(=O)N(Cc3ccsc3)C4=O)CC2)cc(OC)c1O. The largest absolute Gasteiger partial charge is 0.502 e. The van der Waals surface area contributed by atoms with Crippen LogP contribution in [-0.4, -0.2) is 67.1 Å². The fourth-order valence-corrected chi connectivity index (χ4v) is 5.39. The van der Waals surface area contributed by atoms with Crippen molar-refractivity contribution >= 4 is 28.8 Å². The predicted molar refractivity (Wildman–Crippen MR) is 134 cm³/mol. The van der Waals surface area contributed by atoms with Gasteiger partial charge in [0.15, 0.2) is 11.5 Å². The molecule has 182 valence electrons. The van der Waals surface area contributed by atoms with Crippen molar-refractivity contribution in [2.75, 3.05) is 45.3 Å². The Morgan fingerprint density at radius 3 is 2.26 bits per heavy atom. The molecule has 0 bridgehead atoms. The summed E-state index contributed by atoms with van der Waals surface area (Å²) in [6, 6.07) is 11.1. The van der Waals surface area contributed by atoms with E-state index in [4.69, 9.17) is 9.47 Å². The summed E-state index contributed by atoms with van der Waals surface area (Å²) in [7, 11) is 3.03. The van der Waals surface area contributed by atoms with Gasteiger partial charge in [0.05, 0.1) is 37.6 Å². The number of amides is 2. The molecule has 0 radical (unpaired) electrons. The van der Waals surface area contributed by atoms with Crippen LogP contribution in [0.3, 0.4) is 0 Å². The molecule has 0 unspecified atom stereocenters. The number of phenolic OH excluding ortho intramolecular Hbond substituents is 1. The van der Waals surface area contributed by atoms with Gasteiger partial charge in [-0.05, 0) is 52.2 Å².